The van der Waals surface area contributed by atoms with Gasteiger partial charge in [-0.2, -0.15) is 0 Å². The van der Waals surface area contributed by atoms with Crippen LogP contribution in [-0.4, -0.2) is 10.8 Å². The standard InChI is InChI=1S/C17H20N2O3/c1-11-16(2,3)12-8-9-17(11,10-12)15(20)18-13-4-6-14(7-5-13)19(21)22/h4-7,12H,1,8-10H2,2-3H3,(H,18,20). The van der Waals surface area contributed by atoms with Crippen LogP contribution in [0.5, 0.6) is 0 Å². The Bertz CT molecular complexity index is 663. The molecular weight excluding hydrogens is 280 g/mol. The molecule has 5 nitrogen and oxygen atoms in total. The third kappa shape index (κ3) is 1.95. The minimum absolute atomic E-state index is 0.00502. The highest BCUT2D eigenvalue weighted by atomic mass is 16.6. The lowest BCUT2D eigenvalue weighted by Crippen LogP contribution is -2.37. The van der Waals surface area contributed by atoms with Crippen LogP contribution in [0.3, 0.4) is 0 Å². The topological polar surface area (TPSA) is 72.2 Å². The zero-order valence-corrected chi connectivity index (χ0v) is 12.9. The average molecular weight is 300 g/mol. The van der Waals surface area contributed by atoms with E-state index >= 15 is 0 Å². The van der Waals surface area contributed by atoms with Crippen LogP contribution in [0.1, 0.15) is 33.1 Å². The maximum absolute atomic E-state index is 12.8. The molecule has 0 radical (unpaired) electrons. The van der Waals surface area contributed by atoms with Crippen molar-refractivity contribution in [2.24, 2.45) is 16.7 Å². The average Bonchev–Trinajstić information content (AvgIpc) is 3.00. The highest BCUT2D eigenvalue weighted by Crippen LogP contribution is 2.65. The third-order valence-electron chi connectivity index (χ3n) is 5.66. The van der Waals surface area contributed by atoms with Crippen molar-refractivity contribution >= 4 is 17.3 Å². The number of nitro benzene ring substituents is 1. The van der Waals surface area contributed by atoms with Crippen molar-refractivity contribution in [2.45, 2.75) is 33.1 Å². The molecular formula is C17H20N2O3. The summed E-state index contributed by atoms with van der Waals surface area (Å²) in [5.74, 6) is 0.488. The molecule has 1 aromatic rings. The quantitative estimate of drug-likeness (QED) is 0.522. The van der Waals surface area contributed by atoms with Crippen molar-refractivity contribution in [3.05, 3.63) is 46.5 Å². The Balaban J connectivity index is 1.80. The highest BCUT2D eigenvalue weighted by molar-refractivity contribution is 5.98. The Morgan fingerprint density at radius 1 is 1.36 bits per heavy atom. The van der Waals surface area contributed by atoms with E-state index in [0.29, 0.717) is 11.6 Å². The molecule has 2 saturated carbocycles. The van der Waals surface area contributed by atoms with E-state index in [2.05, 4.69) is 25.7 Å². The lowest BCUT2D eigenvalue weighted by atomic mass is 9.68. The molecule has 0 saturated heterocycles. The Kier molecular flexibility index (Phi) is 3.13. The number of amides is 1. The first-order chi connectivity index (χ1) is 10.3. The van der Waals surface area contributed by atoms with Gasteiger partial charge < -0.3 is 5.32 Å². The second kappa shape index (κ2) is 4.66. The number of hydrogen-bond acceptors (Lipinski definition) is 3. The van der Waals surface area contributed by atoms with Gasteiger partial charge in [0.15, 0.2) is 0 Å². The van der Waals surface area contributed by atoms with Gasteiger partial charge in [-0.15, -0.1) is 0 Å². The fourth-order valence-corrected chi connectivity index (χ4v) is 4.06. The largest absolute Gasteiger partial charge is 0.325 e. The fraction of sp³-hybridized carbons (Fsp3) is 0.471. The van der Waals surface area contributed by atoms with Crippen molar-refractivity contribution in [1.82, 2.24) is 0 Å². The summed E-state index contributed by atoms with van der Waals surface area (Å²) in [7, 11) is 0. The van der Waals surface area contributed by atoms with Gasteiger partial charge >= 0.3 is 0 Å². The molecule has 2 bridgehead atoms. The van der Waals surface area contributed by atoms with E-state index in [0.717, 1.165) is 24.8 Å². The molecule has 2 fully saturated rings. The highest BCUT2D eigenvalue weighted by Gasteiger charge is 2.60. The Hall–Kier alpha value is -2.17. The number of benzene rings is 1. The normalized spacial score (nSPS) is 28.6. The molecule has 0 aromatic heterocycles. The summed E-state index contributed by atoms with van der Waals surface area (Å²) in [4.78, 5) is 23.0. The number of carbonyl (C=O) groups excluding carboxylic acids is 1. The maximum Gasteiger partial charge on any atom is 0.269 e. The smallest absolute Gasteiger partial charge is 0.269 e. The summed E-state index contributed by atoms with van der Waals surface area (Å²) < 4.78 is 0. The second-order valence-corrected chi connectivity index (χ2v) is 6.98. The predicted molar refractivity (Wildman–Crippen MR) is 84.4 cm³/mol. The van der Waals surface area contributed by atoms with Crippen molar-refractivity contribution in [3.63, 3.8) is 0 Å². The first kappa shape index (κ1) is 14.8. The van der Waals surface area contributed by atoms with Gasteiger partial charge in [0, 0.05) is 17.8 Å². The summed E-state index contributed by atoms with van der Waals surface area (Å²) in [6, 6.07) is 5.94. The number of nitrogens with one attached hydrogen (secondary N) is 1. The Labute approximate surface area is 129 Å². The second-order valence-electron chi connectivity index (χ2n) is 6.98. The summed E-state index contributed by atoms with van der Waals surface area (Å²) in [5, 5.41) is 13.6. The minimum Gasteiger partial charge on any atom is -0.325 e. The van der Waals surface area contributed by atoms with E-state index in [-0.39, 0.29) is 17.0 Å². The molecule has 2 aliphatic rings. The summed E-state index contributed by atoms with van der Waals surface area (Å²) >= 11 is 0. The van der Waals surface area contributed by atoms with Crippen LogP contribution in [0.15, 0.2) is 36.4 Å². The van der Waals surface area contributed by atoms with Gasteiger partial charge in [-0.05, 0) is 42.7 Å². The first-order valence-electron chi connectivity index (χ1n) is 7.53. The number of rotatable bonds is 3. The maximum atomic E-state index is 12.8. The Morgan fingerprint density at radius 2 is 2.00 bits per heavy atom. The van der Waals surface area contributed by atoms with Gasteiger partial charge in [-0.25, -0.2) is 0 Å². The molecule has 1 N–H and O–H groups in total. The van der Waals surface area contributed by atoms with Gasteiger partial charge in [0.1, 0.15) is 0 Å². The van der Waals surface area contributed by atoms with Crippen LogP contribution in [0.4, 0.5) is 11.4 Å². The van der Waals surface area contributed by atoms with Gasteiger partial charge in [-0.3, -0.25) is 14.9 Å². The van der Waals surface area contributed by atoms with Gasteiger partial charge in [0.25, 0.3) is 5.69 Å². The van der Waals surface area contributed by atoms with Crippen LogP contribution >= 0.6 is 0 Å². The minimum atomic E-state index is -0.476. The zero-order valence-electron chi connectivity index (χ0n) is 12.9. The molecule has 0 aliphatic heterocycles. The van der Waals surface area contributed by atoms with Crippen LogP contribution in [-0.2, 0) is 4.79 Å². The molecule has 0 spiro atoms. The van der Waals surface area contributed by atoms with Crippen molar-refractivity contribution < 1.29 is 9.72 Å². The number of fused-ring (bicyclic) bond motifs is 2. The van der Waals surface area contributed by atoms with Gasteiger partial charge in [-0.1, -0.05) is 26.0 Å². The number of hydrogen-bond donors (Lipinski definition) is 1. The van der Waals surface area contributed by atoms with E-state index in [4.69, 9.17) is 0 Å². The SMILES string of the molecule is C=C1C2(C(=O)Nc3ccc([N+](=O)[O-])cc3)CCC(C2)C1(C)C. The van der Waals surface area contributed by atoms with E-state index in [9.17, 15) is 14.9 Å². The molecule has 2 aliphatic carbocycles. The van der Waals surface area contributed by atoms with Crippen LogP contribution in [0.2, 0.25) is 0 Å². The zero-order chi connectivity index (χ0) is 16.1. The van der Waals surface area contributed by atoms with Crippen LogP contribution in [0.25, 0.3) is 0 Å². The molecule has 3 rings (SSSR count). The van der Waals surface area contributed by atoms with E-state index in [1.54, 1.807) is 12.1 Å². The van der Waals surface area contributed by atoms with Crippen molar-refractivity contribution in [3.8, 4) is 0 Å². The van der Waals surface area contributed by atoms with E-state index in [1.807, 2.05) is 0 Å². The third-order valence-corrected chi connectivity index (χ3v) is 5.66. The van der Waals surface area contributed by atoms with E-state index < -0.39 is 10.3 Å². The predicted octanol–water partition coefficient (Wildman–Crippen LogP) is 3.92. The lowest BCUT2D eigenvalue weighted by Gasteiger charge is -2.37. The first-order valence-corrected chi connectivity index (χ1v) is 7.53. The van der Waals surface area contributed by atoms with Crippen LogP contribution < -0.4 is 5.32 Å². The van der Waals surface area contributed by atoms with Gasteiger partial charge in [0.2, 0.25) is 5.91 Å². The number of non-ortho nitro benzene ring substituents is 1. The molecule has 2 unspecified atom stereocenters. The fourth-order valence-electron chi connectivity index (χ4n) is 4.06. The monoisotopic (exact) mass is 300 g/mol. The Morgan fingerprint density at radius 3 is 2.50 bits per heavy atom. The molecule has 2 atom stereocenters. The lowest BCUT2D eigenvalue weighted by molar-refractivity contribution is -0.384. The molecule has 116 valence electrons. The number of nitro groups is 1. The molecule has 0 heterocycles. The number of nitrogens with zero attached hydrogens (tertiary/aromatic N) is 1. The molecule has 1 aromatic carbocycles. The van der Waals surface area contributed by atoms with Crippen LogP contribution in [0, 0.1) is 26.9 Å². The molecule has 22 heavy (non-hydrogen) atoms. The molecule has 5 heteroatoms. The summed E-state index contributed by atoms with van der Waals surface area (Å²) in [6.45, 7) is 8.55. The summed E-state index contributed by atoms with van der Waals surface area (Å²) in [6.07, 6.45) is 2.76. The van der Waals surface area contributed by atoms with Crippen molar-refractivity contribution in [2.75, 3.05) is 5.32 Å². The van der Waals surface area contributed by atoms with Crippen molar-refractivity contribution in [1.29, 1.82) is 0 Å². The summed E-state index contributed by atoms with van der Waals surface area (Å²) in [5.41, 5.74) is 1.16. The van der Waals surface area contributed by atoms with Gasteiger partial charge in [0.05, 0.1) is 10.3 Å². The molecule has 1 amide bonds. The number of anilines is 1. The number of carbonyl (C=O) groups is 1. The van der Waals surface area contributed by atoms with E-state index in [1.165, 1.54) is 12.1 Å².